The molecule has 0 aliphatic heterocycles. The van der Waals surface area contributed by atoms with Crippen molar-refractivity contribution in [3.05, 3.63) is 89.3 Å². The van der Waals surface area contributed by atoms with Crippen molar-refractivity contribution in [2.75, 3.05) is 12.4 Å². The molecule has 0 unspecified atom stereocenters. The van der Waals surface area contributed by atoms with Crippen LogP contribution in [0.2, 0.25) is 0 Å². The molecule has 0 fully saturated rings. The average molecular weight is 444 g/mol. The van der Waals surface area contributed by atoms with E-state index in [-0.39, 0.29) is 5.91 Å². The van der Waals surface area contributed by atoms with Crippen LogP contribution < -0.4 is 10.1 Å². The van der Waals surface area contributed by atoms with Crippen molar-refractivity contribution in [1.29, 1.82) is 5.26 Å². The quantitative estimate of drug-likeness (QED) is 0.390. The van der Waals surface area contributed by atoms with E-state index in [2.05, 4.69) is 16.4 Å². The minimum absolute atomic E-state index is 0.242. The van der Waals surface area contributed by atoms with Crippen LogP contribution in [0.5, 0.6) is 5.75 Å². The second-order valence-corrected chi connectivity index (χ2v) is 8.37. The number of aromatic nitrogens is 1. The van der Waals surface area contributed by atoms with E-state index < -0.39 is 0 Å². The van der Waals surface area contributed by atoms with Crippen molar-refractivity contribution in [2.24, 2.45) is 0 Å². The molecule has 0 bridgehead atoms. The standard InChI is InChI=1S/C24H17N3O2S2/c1-29-18-12-10-16(11-13-18)20-15-30-24(26-20)27-23(28)19-7-3-5-9-22(19)31-21-8-4-2-6-17(21)14-25/h2-13,15H,1H3,(H,26,27,28). The van der Waals surface area contributed by atoms with Gasteiger partial charge in [0.05, 0.1) is 23.9 Å². The van der Waals surface area contributed by atoms with E-state index in [0.29, 0.717) is 16.3 Å². The van der Waals surface area contributed by atoms with Gasteiger partial charge in [0.2, 0.25) is 0 Å². The topological polar surface area (TPSA) is 75.0 Å². The average Bonchev–Trinajstić information content (AvgIpc) is 3.28. The molecule has 1 N–H and O–H groups in total. The van der Waals surface area contributed by atoms with Gasteiger partial charge in [-0.25, -0.2) is 4.98 Å². The van der Waals surface area contributed by atoms with Gasteiger partial charge in [-0.15, -0.1) is 11.3 Å². The molecule has 0 aliphatic rings. The molecule has 3 aromatic carbocycles. The van der Waals surface area contributed by atoms with Gasteiger partial charge >= 0.3 is 0 Å². The summed E-state index contributed by atoms with van der Waals surface area (Å²) in [7, 11) is 1.63. The van der Waals surface area contributed by atoms with Gasteiger partial charge in [-0.1, -0.05) is 36.0 Å². The number of rotatable bonds is 6. The fourth-order valence-electron chi connectivity index (χ4n) is 2.90. The molecule has 0 spiro atoms. The maximum absolute atomic E-state index is 13.0. The highest BCUT2D eigenvalue weighted by molar-refractivity contribution is 7.99. The number of carbonyl (C=O) groups is 1. The molecular weight excluding hydrogens is 426 g/mol. The van der Waals surface area contributed by atoms with E-state index in [4.69, 9.17) is 4.74 Å². The number of thiazole rings is 1. The van der Waals surface area contributed by atoms with Crippen LogP contribution in [0, 0.1) is 11.3 Å². The molecule has 1 amide bonds. The number of anilines is 1. The van der Waals surface area contributed by atoms with Crippen LogP contribution >= 0.6 is 23.1 Å². The highest BCUT2D eigenvalue weighted by atomic mass is 32.2. The van der Waals surface area contributed by atoms with Crippen molar-refractivity contribution in [1.82, 2.24) is 4.98 Å². The number of hydrogen-bond acceptors (Lipinski definition) is 6. The van der Waals surface area contributed by atoms with Gasteiger partial charge in [-0.2, -0.15) is 5.26 Å². The number of amides is 1. The first-order chi connectivity index (χ1) is 15.2. The predicted molar refractivity (Wildman–Crippen MR) is 124 cm³/mol. The van der Waals surface area contributed by atoms with Crippen molar-refractivity contribution in [2.45, 2.75) is 9.79 Å². The third-order valence-corrected chi connectivity index (χ3v) is 6.38. The van der Waals surface area contributed by atoms with Crippen LogP contribution in [0.25, 0.3) is 11.3 Å². The first-order valence-corrected chi connectivity index (χ1v) is 11.0. The van der Waals surface area contributed by atoms with Crippen LogP contribution in [-0.2, 0) is 0 Å². The van der Waals surface area contributed by atoms with Gasteiger partial charge in [0.25, 0.3) is 5.91 Å². The lowest BCUT2D eigenvalue weighted by Crippen LogP contribution is -2.12. The van der Waals surface area contributed by atoms with Gasteiger partial charge in [0.15, 0.2) is 5.13 Å². The Morgan fingerprint density at radius 1 is 1.03 bits per heavy atom. The smallest absolute Gasteiger partial charge is 0.258 e. The van der Waals surface area contributed by atoms with E-state index >= 15 is 0 Å². The Bertz CT molecular complexity index is 1260. The van der Waals surface area contributed by atoms with Crippen molar-refractivity contribution >= 4 is 34.1 Å². The molecule has 7 heteroatoms. The first kappa shape index (κ1) is 20.7. The first-order valence-electron chi connectivity index (χ1n) is 9.35. The van der Waals surface area contributed by atoms with Crippen LogP contribution in [0.1, 0.15) is 15.9 Å². The van der Waals surface area contributed by atoms with E-state index in [0.717, 1.165) is 26.8 Å². The summed E-state index contributed by atoms with van der Waals surface area (Å²) < 4.78 is 5.19. The predicted octanol–water partition coefficient (Wildman–Crippen LogP) is 6.09. The molecule has 0 saturated heterocycles. The maximum Gasteiger partial charge on any atom is 0.258 e. The van der Waals surface area contributed by atoms with Crippen LogP contribution in [0.15, 0.2) is 88.0 Å². The lowest BCUT2D eigenvalue weighted by Gasteiger charge is -2.09. The summed E-state index contributed by atoms with van der Waals surface area (Å²) in [5, 5.41) is 14.7. The van der Waals surface area contributed by atoms with E-state index in [1.807, 2.05) is 66.0 Å². The van der Waals surface area contributed by atoms with Crippen molar-refractivity contribution in [3.63, 3.8) is 0 Å². The molecule has 0 saturated carbocycles. The molecule has 0 aliphatic carbocycles. The Balaban J connectivity index is 1.53. The summed E-state index contributed by atoms with van der Waals surface area (Å²) >= 11 is 2.77. The second kappa shape index (κ2) is 9.47. The Morgan fingerprint density at radius 2 is 1.74 bits per heavy atom. The normalized spacial score (nSPS) is 10.3. The molecule has 152 valence electrons. The largest absolute Gasteiger partial charge is 0.497 e. The number of nitrogens with zero attached hydrogens (tertiary/aromatic N) is 2. The summed E-state index contributed by atoms with van der Waals surface area (Å²) in [6, 6.07) is 24.5. The lowest BCUT2D eigenvalue weighted by molar-refractivity contribution is 0.102. The number of benzene rings is 3. The third kappa shape index (κ3) is 4.77. The zero-order valence-corrected chi connectivity index (χ0v) is 18.2. The Hall–Kier alpha value is -3.60. The van der Waals surface area contributed by atoms with Gasteiger partial charge in [-0.05, 0) is 48.5 Å². The molecule has 0 atom stereocenters. The van der Waals surface area contributed by atoms with Crippen LogP contribution in [0.3, 0.4) is 0 Å². The number of carbonyl (C=O) groups excluding carboxylic acids is 1. The SMILES string of the molecule is COc1ccc(-c2csc(NC(=O)c3ccccc3Sc3ccccc3C#N)n2)cc1. The summed E-state index contributed by atoms with van der Waals surface area (Å²) in [6.45, 7) is 0. The highest BCUT2D eigenvalue weighted by Gasteiger charge is 2.15. The van der Waals surface area contributed by atoms with Crippen molar-refractivity contribution < 1.29 is 9.53 Å². The fourth-order valence-corrected chi connectivity index (χ4v) is 4.64. The van der Waals surface area contributed by atoms with Gasteiger partial charge in [0, 0.05) is 20.7 Å². The molecule has 31 heavy (non-hydrogen) atoms. The van der Waals surface area contributed by atoms with Gasteiger partial charge in [-0.3, -0.25) is 10.1 Å². The van der Waals surface area contributed by atoms with Crippen LogP contribution in [0.4, 0.5) is 5.13 Å². The lowest BCUT2D eigenvalue weighted by atomic mass is 10.2. The van der Waals surface area contributed by atoms with Gasteiger partial charge in [0.1, 0.15) is 11.8 Å². The minimum Gasteiger partial charge on any atom is -0.497 e. The second-order valence-electron chi connectivity index (χ2n) is 6.43. The molecule has 1 aromatic heterocycles. The third-order valence-electron chi connectivity index (χ3n) is 4.47. The van der Waals surface area contributed by atoms with Gasteiger partial charge < -0.3 is 4.74 Å². The molecule has 5 nitrogen and oxygen atoms in total. The van der Waals surface area contributed by atoms with E-state index in [9.17, 15) is 10.1 Å². The molecular formula is C24H17N3O2S2. The number of methoxy groups -OCH3 is 1. The Labute approximate surface area is 188 Å². The Kier molecular flexibility index (Phi) is 6.32. The minimum atomic E-state index is -0.242. The maximum atomic E-state index is 13.0. The number of nitrogens with one attached hydrogen (secondary N) is 1. The molecule has 4 aromatic rings. The zero-order chi connectivity index (χ0) is 21.6. The summed E-state index contributed by atoms with van der Waals surface area (Å²) in [4.78, 5) is 19.1. The molecule has 0 radical (unpaired) electrons. The van der Waals surface area contributed by atoms with Crippen molar-refractivity contribution in [3.8, 4) is 23.1 Å². The van der Waals surface area contributed by atoms with E-state index in [1.165, 1.54) is 23.1 Å². The summed E-state index contributed by atoms with van der Waals surface area (Å²) in [6.07, 6.45) is 0. The number of nitriles is 1. The van der Waals surface area contributed by atoms with Crippen LogP contribution in [-0.4, -0.2) is 18.0 Å². The highest BCUT2D eigenvalue weighted by Crippen LogP contribution is 2.33. The number of ether oxygens (including phenoxy) is 1. The Morgan fingerprint density at radius 3 is 2.48 bits per heavy atom. The molecule has 1 heterocycles. The fraction of sp³-hybridized carbons (Fsp3) is 0.0417. The van der Waals surface area contributed by atoms with E-state index in [1.54, 1.807) is 19.2 Å². The monoisotopic (exact) mass is 443 g/mol. The summed E-state index contributed by atoms with van der Waals surface area (Å²) in [5.41, 5.74) is 2.84. The summed E-state index contributed by atoms with van der Waals surface area (Å²) in [5.74, 6) is 0.535. The zero-order valence-electron chi connectivity index (χ0n) is 16.5. The number of hydrogen-bond donors (Lipinski definition) is 1. The molecule has 4 rings (SSSR count).